The monoisotopic (exact) mass is 406 g/mol. The minimum absolute atomic E-state index is 0.260. The predicted octanol–water partition coefficient (Wildman–Crippen LogP) is 6.68. The number of hydrogen-bond acceptors (Lipinski definition) is 3. The number of nitrogens with zero attached hydrogens (tertiary/aromatic N) is 2. The van der Waals surface area contributed by atoms with Crippen molar-refractivity contribution in [1.29, 1.82) is 0 Å². The summed E-state index contributed by atoms with van der Waals surface area (Å²) in [6.07, 6.45) is 3.61. The van der Waals surface area contributed by atoms with Gasteiger partial charge < -0.3 is 4.74 Å². The fourth-order valence-corrected chi connectivity index (χ4v) is 3.63. The van der Waals surface area contributed by atoms with Crippen LogP contribution >= 0.6 is 0 Å². The summed E-state index contributed by atoms with van der Waals surface area (Å²) < 4.78 is 19.3. The maximum absolute atomic E-state index is 13.3. The molecule has 0 spiro atoms. The Morgan fingerprint density at radius 3 is 2.16 bits per heavy atom. The van der Waals surface area contributed by atoms with Gasteiger partial charge in [0.1, 0.15) is 18.2 Å². The van der Waals surface area contributed by atoms with Crippen molar-refractivity contribution in [3.63, 3.8) is 0 Å². The summed E-state index contributed by atoms with van der Waals surface area (Å²) in [4.78, 5) is 8.66. The maximum Gasteiger partial charge on any atom is 0.130 e. The van der Waals surface area contributed by atoms with Crippen molar-refractivity contribution in [2.75, 3.05) is 0 Å². The summed E-state index contributed by atoms with van der Waals surface area (Å²) in [7, 11) is 0. The third-order valence-electron chi connectivity index (χ3n) is 5.18. The second-order valence-electron chi connectivity index (χ2n) is 7.23. The summed E-state index contributed by atoms with van der Waals surface area (Å²) >= 11 is 0. The first kappa shape index (κ1) is 18.9. The molecule has 2 heterocycles. The Balaban J connectivity index is 1.34. The fourth-order valence-electron chi connectivity index (χ4n) is 3.63. The molecule has 0 aliphatic rings. The van der Waals surface area contributed by atoms with Crippen molar-refractivity contribution >= 4 is 10.9 Å². The van der Waals surface area contributed by atoms with Gasteiger partial charge in [0, 0.05) is 17.8 Å². The van der Waals surface area contributed by atoms with Gasteiger partial charge in [-0.3, -0.25) is 4.98 Å². The molecule has 5 rings (SSSR count). The van der Waals surface area contributed by atoms with Crippen LogP contribution in [-0.2, 0) is 6.61 Å². The van der Waals surface area contributed by atoms with Crippen molar-refractivity contribution in [3.8, 4) is 28.0 Å². The normalized spacial score (nSPS) is 10.9. The Morgan fingerprint density at radius 1 is 0.710 bits per heavy atom. The number of benzene rings is 3. The SMILES string of the molecule is Fc1ccc2nc(COc3ccc(-c4ccccc4-c4ccncc4)cc3)ccc2c1. The van der Waals surface area contributed by atoms with E-state index in [9.17, 15) is 4.39 Å². The summed E-state index contributed by atoms with van der Waals surface area (Å²) in [6.45, 7) is 0.347. The van der Waals surface area contributed by atoms with Gasteiger partial charge in [-0.05, 0) is 70.8 Å². The van der Waals surface area contributed by atoms with E-state index in [0.717, 1.165) is 44.6 Å². The topological polar surface area (TPSA) is 35.0 Å². The van der Waals surface area contributed by atoms with Crippen LogP contribution in [0.1, 0.15) is 5.69 Å². The van der Waals surface area contributed by atoms with Gasteiger partial charge in [-0.15, -0.1) is 0 Å². The van der Waals surface area contributed by atoms with Gasteiger partial charge in [0.2, 0.25) is 0 Å². The lowest BCUT2D eigenvalue weighted by Crippen LogP contribution is -1.98. The predicted molar refractivity (Wildman–Crippen MR) is 121 cm³/mol. The molecular formula is C27H19FN2O. The quantitative estimate of drug-likeness (QED) is 0.326. The zero-order valence-electron chi connectivity index (χ0n) is 16.7. The van der Waals surface area contributed by atoms with Gasteiger partial charge in [0.05, 0.1) is 11.2 Å². The molecule has 4 heteroatoms. The summed E-state index contributed by atoms with van der Waals surface area (Å²) in [5.74, 6) is 0.509. The van der Waals surface area contributed by atoms with Gasteiger partial charge in [0.15, 0.2) is 0 Å². The highest BCUT2D eigenvalue weighted by molar-refractivity contribution is 5.83. The zero-order chi connectivity index (χ0) is 21.0. The molecule has 2 aromatic heterocycles. The van der Waals surface area contributed by atoms with Crippen LogP contribution in [0.5, 0.6) is 5.75 Å². The first-order valence-corrected chi connectivity index (χ1v) is 10.0. The standard InChI is InChI=1S/C27H19FN2O/c28-22-8-12-27-21(17-22)5-9-23(30-27)18-31-24-10-6-19(7-11-24)25-3-1-2-4-26(25)20-13-15-29-16-14-20/h1-17H,18H2. The molecule has 0 amide bonds. The molecule has 0 atom stereocenters. The molecule has 31 heavy (non-hydrogen) atoms. The highest BCUT2D eigenvalue weighted by atomic mass is 19.1. The number of ether oxygens (including phenoxy) is 1. The van der Waals surface area contributed by atoms with Crippen molar-refractivity contribution in [2.45, 2.75) is 6.61 Å². The lowest BCUT2D eigenvalue weighted by molar-refractivity contribution is 0.302. The average Bonchev–Trinajstić information content (AvgIpc) is 2.83. The van der Waals surface area contributed by atoms with E-state index in [4.69, 9.17) is 4.74 Å². The van der Waals surface area contributed by atoms with Crippen LogP contribution < -0.4 is 4.74 Å². The first-order valence-electron chi connectivity index (χ1n) is 10.0. The first-order chi connectivity index (χ1) is 15.3. The van der Waals surface area contributed by atoms with Crippen LogP contribution in [0.2, 0.25) is 0 Å². The van der Waals surface area contributed by atoms with Crippen molar-refractivity contribution in [1.82, 2.24) is 9.97 Å². The molecule has 0 unspecified atom stereocenters. The minimum atomic E-state index is -0.260. The van der Waals surface area contributed by atoms with E-state index in [0.29, 0.717) is 6.61 Å². The lowest BCUT2D eigenvalue weighted by atomic mass is 9.95. The van der Waals surface area contributed by atoms with E-state index < -0.39 is 0 Å². The van der Waals surface area contributed by atoms with Gasteiger partial charge >= 0.3 is 0 Å². The third-order valence-corrected chi connectivity index (χ3v) is 5.18. The Morgan fingerprint density at radius 2 is 1.42 bits per heavy atom. The van der Waals surface area contributed by atoms with E-state index in [2.05, 4.69) is 34.2 Å². The van der Waals surface area contributed by atoms with Gasteiger partial charge in [-0.2, -0.15) is 0 Å². The van der Waals surface area contributed by atoms with Crippen molar-refractivity contribution in [3.05, 3.63) is 115 Å². The van der Waals surface area contributed by atoms with E-state index in [1.807, 2.05) is 48.5 Å². The highest BCUT2D eigenvalue weighted by Gasteiger charge is 2.07. The number of aromatic nitrogens is 2. The Hall–Kier alpha value is -4.05. The van der Waals surface area contributed by atoms with E-state index in [1.165, 1.54) is 12.1 Å². The number of rotatable bonds is 5. The van der Waals surface area contributed by atoms with Gasteiger partial charge in [0.25, 0.3) is 0 Å². The number of fused-ring (bicyclic) bond motifs is 1. The fraction of sp³-hybridized carbons (Fsp3) is 0.0370. The Kier molecular flexibility index (Phi) is 5.11. The lowest BCUT2D eigenvalue weighted by Gasteiger charge is -2.11. The molecular weight excluding hydrogens is 387 g/mol. The molecule has 0 radical (unpaired) electrons. The van der Waals surface area contributed by atoms with Crippen LogP contribution in [-0.4, -0.2) is 9.97 Å². The number of pyridine rings is 2. The molecule has 0 saturated heterocycles. The molecule has 0 N–H and O–H groups in total. The number of halogens is 1. The van der Waals surface area contributed by atoms with Crippen LogP contribution in [0, 0.1) is 5.82 Å². The van der Waals surface area contributed by atoms with Crippen LogP contribution in [0.3, 0.4) is 0 Å². The number of hydrogen-bond donors (Lipinski definition) is 0. The van der Waals surface area contributed by atoms with Crippen LogP contribution in [0.15, 0.2) is 103 Å². The van der Waals surface area contributed by atoms with Crippen molar-refractivity contribution in [2.24, 2.45) is 0 Å². The largest absolute Gasteiger partial charge is 0.487 e. The summed E-state index contributed by atoms with van der Waals surface area (Å²) in [6, 6.07) is 28.7. The highest BCUT2D eigenvalue weighted by Crippen LogP contribution is 2.32. The van der Waals surface area contributed by atoms with Crippen molar-refractivity contribution < 1.29 is 9.13 Å². The zero-order valence-corrected chi connectivity index (χ0v) is 16.7. The Bertz CT molecular complexity index is 1330. The van der Waals surface area contributed by atoms with E-state index in [-0.39, 0.29) is 5.82 Å². The smallest absolute Gasteiger partial charge is 0.130 e. The van der Waals surface area contributed by atoms with Crippen LogP contribution in [0.4, 0.5) is 4.39 Å². The molecule has 0 aliphatic carbocycles. The molecule has 3 aromatic carbocycles. The molecule has 5 aromatic rings. The molecule has 0 bridgehead atoms. The van der Waals surface area contributed by atoms with E-state index >= 15 is 0 Å². The summed E-state index contributed by atoms with van der Waals surface area (Å²) in [5.41, 5.74) is 6.12. The second-order valence-corrected chi connectivity index (χ2v) is 7.23. The summed E-state index contributed by atoms with van der Waals surface area (Å²) in [5, 5.41) is 0.779. The average molecular weight is 406 g/mol. The molecule has 0 aliphatic heterocycles. The minimum Gasteiger partial charge on any atom is -0.487 e. The Labute approximate surface area is 179 Å². The van der Waals surface area contributed by atoms with E-state index in [1.54, 1.807) is 18.5 Å². The molecule has 3 nitrogen and oxygen atoms in total. The van der Waals surface area contributed by atoms with Gasteiger partial charge in [-0.25, -0.2) is 9.37 Å². The van der Waals surface area contributed by atoms with Crippen LogP contribution in [0.25, 0.3) is 33.2 Å². The molecule has 0 saturated carbocycles. The second kappa shape index (κ2) is 8.36. The third kappa shape index (κ3) is 4.14. The molecule has 0 fully saturated rings. The molecule has 150 valence electrons. The van der Waals surface area contributed by atoms with Gasteiger partial charge in [-0.1, -0.05) is 42.5 Å². The maximum atomic E-state index is 13.3.